The van der Waals surface area contributed by atoms with Gasteiger partial charge in [0.2, 0.25) is 0 Å². The smallest absolute Gasteiger partial charge is 0.160 e. The summed E-state index contributed by atoms with van der Waals surface area (Å²) < 4.78 is 13.0. The molecule has 0 aromatic heterocycles. The van der Waals surface area contributed by atoms with Gasteiger partial charge in [-0.3, -0.25) is 0 Å². The molecular weight excluding hydrogens is 324 g/mol. The van der Waals surface area contributed by atoms with E-state index in [0.29, 0.717) is 30.3 Å². The maximum Gasteiger partial charge on any atom is 0.160 e. The summed E-state index contributed by atoms with van der Waals surface area (Å²) in [5.74, 6) is 1.68. The van der Waals surface area contributed by atoms with Gasteiger partial charge < -0.3 is 14.3 Å². The third-order valence-electron chi connectivity index (χ3n) is 8.53. The lowest BCUT2D eigenvalue weighted by molar-refractivity contribution is -0.316. The fraction of sp³-hybridized carbons (Fsp3) is 0.870. The monoisotopic (exact) mass is 360 g/mol. The molecule has 26 heavy (non-hydrogen) atoms. The molecule has 1 aliphatic heterocycles. The molecule has 0 bridgehead atoms. The number of allylic oxidation sites excluding steroid dienone is 1. The summed E-state index contributed by atoms with van der Waals surface area (Å²) in [5, 5.41) is 0. The van der Waals surface area contributed by atoms with Crippen LogP contribution in [0.4, 0.5) is 0 Å². The van der Waals surface area contributed by atoms with Crippen molar-refractivity contribution in [3.05, 3.63) is 12.2 Å². The highest BCUT2D eigenvalue weighted by Gasteiger charge is 2.60. The van der Waals surface area contributed by atoms with Crippen molar-refractivity contribution in [3.63, 3.8) is 0 Å². The van der Waals surface area contributed by atoms with Crippen LogP contribution in [0.3, 0.4) is 0 Å². The second kappa shape index (κ2) is 7.05. The molecule has 4 aliphatic rings. The van der Waals surface area contributed by atoms with E-state index in [0.717, 1.165) is 32.2 Å². The van der Waals surface area contributed by atoms with Crippen LogP contribution in [-0.2, 0) is 14.3 Å². The Labute approximate surface area is 158 Å². The van der Waals surface area contributed by atoms with E-state index in [9.17, 15) is 4.79 Å². The van der Waals surface area contributed by atoms with Gasteiger partial charge in [-0.25, -0.2) is 0 Å². The first-order valence-corrected chi connectivity index (χ1v) is 10.9. The molecule has 4 fully saturated rings. The molecule has 0 radical (unpaired) electrons. The van der Waals surface area contributed by atoms with Crippen LogP contribution in [0.15, 0.2) is 12.2 Å². The first-order valence-electron chi connectivity index (χ1n) is 10.9. The molecule has 3 heteroatoms. The number of ether oxygens (including phenoxy) is 2. The summed E-state index contributed by atoms with van der Waals surface area (Å²) >= 11 is 0. The van der Waals surface area contributed by atoms with Gasteiger partial charge >= 0.3 is 0 Å². The van der Waals surface area contributed by atoms with E-state index >= 15 is 0 Å². The first-order chi connectivity index (χ1) is 12.5. The van der Waals surface area contributed by atoms with E-state index in [1.54, 1.807) is 0 Å². The largest absolute Gasteiger partial charge is 0.352 e. The molecule has 3 aliphatic carbocycles. The van der Waals surface area contributed by atoms with Crippen LogP contribution >= 0.6 is 0 Å². The second-order valence-corrected chi connectivity index (χ2v) is 9.95. The SMILES string of the molecule is C=C1CCC2[C@]3(C)CO[C@@H](C4CCCC4)O[C@@H]3CC[C@@]2(C)[C@@H]1CCC=O. The molecule has 0 amide bonds. The topological polar surface area (TPSA) is 35.5 Å². The van der Waals surface area contributed by atoms with Crippen molar-refractivity contribution >= 4 is 6.29 Å². The van der Waals surface area contributed by atoms with Crippen molar-refractivity contribution in [1.29, 1.82) is 0 Å². The van der Waals surface area contributed by atoms with Gasteiger partial charge in [-0.15, -0.1) is 0 Å². The maximum atomic E-state index is 11.0. The van der Waals surface area contributed by atoms with Crippen molar-refractivity contribution in [2.75, 3.05) is 6.61 Å². The average Bonchev–Trinajstić information content (AvgIpc) is 3.15. The highest BCUT2D eigenvalue weighted by Crippen LogP contribution is 2.63. The predicted octanol–water partition coefficient (Wildman–Crippen LogP) is 5.29. The number of hydrogen-bond acceptors (Lipinski definition) is 3. The first kappa shape index (κ1) is 18.7. The molecule has 3 nitrogen and oxygen atoms in total. The molecule has 1 heterocycles. The molecule has 0 aromatic rings. The summed E-state index contributed by atoms with van der Waals surface area (Å²) in [6, 6.07) is 0. The minimum Gasteiger partial charge on any atom is -0.352 e. The molecule has 0 N–H and O–H groups in total. The summed E-state index contributed by atoms with van der Waals surface area (Å²) in [7, 11) is 0. The van der Waals surface area contributed by atoms with Gasteiger partial charge in [0.05, 0.1) is 12.7 Å². The number of hydrogen-bond donors (Lipinski definition) is 0. The Morgan fingerprint density at radius 3 is 2.65 bits per heavy atom. The third-order valence-corrected chi connectivity index (χ3v) is 8.53. The number of carbonyl (C=O) groups excluding carboxylic acids is 1. The number of fused-ring (bicyclic) bond motifs is 3. The Kier molecular flexibility index (Phi) is 5.07. The normalized spacial score (nSPS) is 46.6. The maximum absolute atomic E-state index is 11.0. The van der Waals surface area contributed by atoms with Crippen molar-refractivity contribution in [2.45, 2.75) is 90.4 Å². The molecule has 1 unspecified atom stereocenters. The predicted molar refractivity (Wildman–Crippen MR) is 103 cm³/mol. The highest BCUT2D eigenvalue weighted by atomic mass is 16.7. The molecule has 146 valence electrons. The van der Waals surface area contributed by atoms with E-state index in [-0.39, 0.29) is 17.1 Å². The van der Waals surface area contributed by atoms with Gasteiger partial charge in [0, 0.05) is 17.8 Å². The zero-order chi connectivity index (χ0) is 18.4. The van der Waals surface area contributed by atoms with Crippen LogP contribution in [0.5, 0.6) is 0 Å². The lowest BCUT2D eigenvalue weighted by Gasteiger charge is -2.63. The van der Waals surface area contributed by atoms with Gasteiger partial charge in [-0.05, 0) is 62.2 Å². The van der Waals surface area contributed by atoms with Crippen LogP contribution in [-0.4, -0.2) is 25.3 Å². The molecule has 0 spiro atoms. The van der Waals surface area contributed by atoms with E-state index in [4.69, 9.17) is 9.47 Å². The Hall–Kier alpha value is -0.670. The van der Waals surface area contributed by atoms with Crippen molar-refractivity contribution in [3.8, 4) is 0 Å². The standard InChI is InChI=1S/C23H36O3/c1-16-10-11-19-22(2,18(16)9-6-14-24)13-12-20-23(19,3)15-25-21(26-20)17-7-4-5-8-17/h14,17-21H,1,4-13,15H2,2-3H3/t18-,19?,20-,21-,22+,23+/m1/s1. The molecular formula is C23H36O3. The second-order valence-electron chi connectivity index (χ2n) is 9.95. The quantitative estimate of drug-likeness (QED) is 0.505. The number of carbonyl (C=O) groups is 1. The lowest BCUT2D eigenvalue weighted by Crippen LogP contribution is -2.61. The molecule has 6 atom stereocenters. The number of rotatable bonds is 4. The minimum atomic E-state index is 0.0318. The van der Waals surface area contributed by atoms with E-state index in [1.807, 2.05) is 0 Å². The van der Waals surface area contributed by atoms with Crippen molar-refractivity contribution in [1.82, 2.24) is 0 Å². The summed E-state index contributed by atoms with van der Waals surface area (Å²) in [6.07, 6.45) is 12.9. The molecule has 0 aromatic carbocycles. The molecule has 3 saturated carbocycles. The Morgan fingerprint density at radius 2 is 1.92 bits per heavy atom. The van der Waals surface area contributed by atoms with Gasteiger partial charge in [0.25, 0.3) is 0 Å². The fourth-order valence-electron chi connectivity index (χ4n) is 7.10. The van der Waals surface area contributed by atoms with Crippen LogP contribution in [0.25, 0.3) is 0 Å². The van der Waals surface area contributed by atoms with Gasteiger partial charge in [0.1, 0.15) is 6.29 Å². The van der Waals surface area contributed by atoms with Gasteiger partial charge in [0.15, 0.2) is 6.29 Å². The van der Waals surface area contributed by atoms with E-state index in [2.05, 4.69) is 20.4 Å². The summed E-state index contributed by atoms with van der Waals surface area (Å²) in [5.41, 5.74) is 1.70. The zero-order valence-corrected chi connectivity index (χ0v) is 16.7. The lowest BCUT2D eigenvalue weighted by atomic mass is 9.46. The van der Waals surface area contributed by atoms with Crippen LogP contribution < -0.4 is 0 Å². The fourth-order valence-corrected chi connectivity index (χ4v) is 7.10. The van der Waals surface area contributed by atoms with Crippen molar-refractivity contribution < 1.29 is 14.3 Å². The zero-order valence-electron chi connectivity index (χ0n) is 16.7. The summed E-state index contributed by atoms with van der Waals surface area (Å²) in [4.78, 5) is 11.0. The van der Waals surface area contributed by atoms with Crippen LogP contribution in [0.2, 0.25) is 0 Å². The number of aldehydes is 1. The van der Waals surface area contributed by atoms with Crippen molar-refractivity contribution in [2.24, 2.45) is 28.6 Å². The highest BCUT2D eigenvalue weighted by molar-refractivity contribution is 5.49. The van der Waals surface area contributed by atoms with Gasteiger partial charge in [-0.2, -0.15) is 0 Å². The Balaban J connectivity index is 1.54. The van der Waals surface area contributed by atoms with E-state index in [1.165, 1.54) is 44.1 Å². The minimum absolute atomic E-state index is 0.0318. The summed E-state index contributed by atoms with van der Waals surface area (Å²) in [6.45, 7) is 10.1. The van der Waals surface area contributed by atoms with Crippen LogP contribution in [0, 0.1) is 28.6 Å². The van der Waals surface area contributed by atoms with E-state index < -0.39 is 0 Å². The Morgan fingerprint density at radius 1 is 1.15 bits per heavy atom. The average molecular weight is 361 g/mol. The third kappa shape index (κ3) is 2.90. The van der Waals surface area contributed by atoms with Crippen LogP contribution in [0.1, 0.15) is 78.1 Å². The molecule has 4 rings (SSSR count). The Bertz CT molecular complexity index is 552. The molecule has 1 saturated heterocycles. The van der Waals surface area contributed by atoms with Gasteiger partial charge in [-0.1, -0.05) is 38.8 Å².